The van der Waals surface area contributed by atoms with Gasteiger partial charge in [0.05, 0.1) is 0 Å². The summed E-state index contributed by atoms with van der Waals surface area (Å²) in [6.07, 6.45) is 2.39. The van der Waals surface area contributed by atoms with Crippen LogP contribution in [-0.2, 0) is 12.8 Å². The summed E-state index contributed by atoms with van der Waals surface area (Å²) in [6, 6.07) is 9.20. The van der Waals surface area contributed by atoms with Crippen LogP contribution in [0.25, 0.3) is 10.8 Å². The van der Waals surface area contributed by atoms with Crippen LogP contribution in [0, 0.1) is 0 Å². The van der Waals surface area contributed by atoms with Gasteiger partial charge >= 0.3 is 0 Å². The molecule has 0 atom stereocenters. The molecule has 1 aliphatic rings. The van der Waals surface area contributed by atoms with Gasteiger partial charge in [-0.2, -0.15) is 0 Å². The molecule has 0 bridgehead atoms. The maximum Gasteiger partial charge on any atom is 0.0464 e. The molecular formula is C17H22N2. The normalized spacial score (nSPS) is 13.1. The van der Waals surface area contributed by atoms with Crippen LogP contribution in [0.4, 0.5) is 11.4 Å². The van der Waals surface area contributed by atoms with Crippen molar-refractivity contribution in [3.63, 3.8) is 0 Å². The summed E-state index contributed by atoms with van der Waals surface area (Å²) >= 11 is 0. The van der Waals surface area contributed by atoms with Crippen LogP contribution >= 0.6 is 0 Å². The minimum Gasteiger partial charge on any atom is -0.377 e. The lowest BCUT2D eigenvalue weighted by Gasteiger charge is -2.24. The quantitative estimate of drug-likeness (QED) is 0.827. The van der Waals surface area contributed by atoms with Gasteiger partial charge in [0, 0.05) is 44.4 Å². The second kappa shape index (κ2) is 4.44. The summed E-state index contributed by atoms with van der Waals surface area (Å²) < 4.78 is 0. The van der Waals surface area contributed by atoms with Gasteiger partial charge in [0.1, 0.15) is 0 Å². The third-order valence-electron chi connectivity index (χ3n) is 4.32. The number of hydrogen-bond donors (Lipinski definition) is 0. The number of hydrogen-bond acceptors (Lipinski definition) is 2. The van der Waals surface area contributed by atoms with Gasteiger partial charge in [-0.3, -0.25) is 0 Å². The van der Waals surface area contributed by atoms with Gasteiger partial charge in [0.2, 0.25) is 0 Å². The molecule has 0 N–H and O–H groups in total. The zero-order valence-corrected chi connectivity index (χ0v) is 12.3. The summed E-state index contributed by atoms with van der Waals surface area (Å²) in [5.74, 6) is 0. The molecule has 1 aliphatic carbocycles. The fraction of sp³-hybridized carbons (Fsp3) is 0.412. The number of aryl methyl sites for hydroxylation is 2. The van der Waals surface area contributed by atoms with Gasteiger partial charge < -0.3 is 9.80 Å². The Kier molecular flexibility index (Phi) is 2.89. The van der Waals surface area contributed by atoms with E-state index in [1.54, 1.807) is 0 Å². The van der Waals surface area contributed by atoms with E-state index in [2.05, 4.69) is 62.1 Å². The van der Waals surface area contributed by atoms with Crippen molar-refractivity contribution in [1.82, 2.24) is 0 Å². The van der Waals surface area contributed by atoms with E-state index >= 15 is 0 Å². The fourth-order valence-corrected chi connectivity index (χ4v) is 3.15. The van der Waals surface area contributed by atoms with Crippen molar-refractivity contribution in [2.45, 2.75) is 19.8 Å². The largest absolute Gasteiger partial charge is 0.377 e. The molecule has 2 aromatic carbocycles. The zero-order chi connectivity index (χ0) is 13.6. The average molecular weight is 254 g/mol. The smallest absolute Gasteiger partial charge is 0.0464 e. The SMILES string of the molecule is CCN(C)c1ccc2c3c(ccc(N(C)C)c13)CC2. The Bertz CT molecular complexity index is 618. The first-order chi connectivity index (χ1) is 9.13. The molecule has 3 rings (SSSR count). The van der Waals surface area contributed by atoms with Crippen molar-refractivity contribution >= 4 is 22.1 Å². The minimum absolute atomic E-state index is 1.03. The molecule has 100 valence electrons. The van der Waals surface area contributed by atoms with E-state index in [4.69, 9.17) is 0 Å². The molecule has 2 aromatic rings. The molecule has 0 saturated carbocycles. The summed E-state index contributed by atoms with van der Waals surface area (Å²) in [5, 5.41) is 2.94. The lowest BCUT2D eigenvalue weighted by molar-refractivity contribution is 0.972. The molecule has 0 aliphatic heterocycles. The summed E-state index contributed by atoms with van der Waals surface area (Å²) in [5.41, 5.74) is 5.72. The van der Waals surface area contributed by atoms with E-state index in [9.17, 15) is 0 Å². The average Bonchev–Trinajstić information content (AvgIpc) is 2.83. The molecule has 0 saturated heterocycles. The Morgan fingerprint density at radius 3 is 1.95 bits per heavy atom. The van der Waals surface area contributed by atoms with Crippen molar-refractivity contribution in [2.24, 2.45) is 0 Å². The van der Waals surface area contributed by atoms with Crippen LogP contribution in [0.1, 0.15) is 18.1 Å². The third kappa shape index (κ3) is 1.78. The van der Waals surface area contributed by atoms with Gasteiger partial charge in [-0.1, -0.05) is 12.1 Å². The van der Waals surface area contributed by atoms with E-state index in [1.165, 1.54) is 46.1 Å². The second-order valence-electron chi connectivity index (χ2n) is 5.65. The second-order valence-corrected chi connectivity index (χ2v) is 5.65. The molecular weight excluding hydrogens is 232 g/mol. The molecule has 2 heteroatoms. The number of anilines is 2. The molecule has 0 amide bonds. The fourth-order valence-electron chi connectivity index (χ4n) is 3.15. The standard InChI is InChI=1S/C17H22N2/c1-5-19(4)15-11-9-13-7-6-12-8-10-14(18(2)3)17(15)16(12)13/h8-11H,5-7H2,1-4H3. The third-order valence-corrected chi connectivity index (χ3v) is 4.32. The van der Waals surface area contributed by atoms with E-state index in [0.717, 1.165) is 6.54 Å². The maximum atomic E-state index is 2.34. The summed E-state index contributed by atoms with van der Waals surface area (Å²) in [7, 11) is 6.45. The minimum atomic E-state index is 1.03. The summed E-state index contributed by atoms with van der Waals surface area (Å²) in [4.78, 5) is 4.57. The summed E-state index contributed by atoms with van der Waals surface area (Å²) in [6.45, 7) is 3.24. The molecule has 0 heterocycles. The Labute approximate surface area is 115 Å². The lowest BCUT2D eigenvalue weighted by Crippen LogP contribution is -2.17. The molecule has 0 fully saturated rings. The molecule has 0 radical (unpaired) electrons. The Morgan fingerprint density at radius 2 is 1.42 bits per heavy atom. The van der Waals surface area contributed by atoms with E-state index in [-0.39, 0.29) is 0 Å². The van der Waals surface area contributed by atoms with E-state index in [0.29, 0.717) is 0 Å². The predicted molar refractivity (Wildman–Crippen MR) is 84.6 cm³/mol. The Balaban J connectivity index is 2.40. The predicted octanol–water partition coefficient (Wildman–Crippen LogP) is 3.46. The topological polar surface area (TPSA) is 6.48 Å². The van der Waals surface area contributed by atoms with Crippen LogP contribution < -0.4 is 9.80 Å². The molecule has 19 heavy (non-hydrogen) atoms. The van der Waals surface area contributed by atoms with Crippen molar-refractivity contribution in [2.75, 3.05) is 37.5 Å². The first kappa shape index (κ1) is 12.3. The zero-order valence-electron chi connectivity index (χ0n) is 12.3. The Hall–Kier alpha value is -1.70. The number of nitrogens with zero attached hydrogens (tertiary/aromatic N) is 2. The van der Waals surface area contributed by atoms with Gasteiger partial charge in [0.25, 0.3) is 0 Å². The highest BCUT2D eigenvalue weighted by atomic mass is 15.1. The van der Waals surface area contributed by atoms with Gasteiger partial charge in [-0.25, -0.2) is 0 Å². The first-order valence-corrected chi connectivity index (χ1v) is 7.09. The monoisotopic (exact) mass is 254 g/mol. The van der Waals surface area contributed by atoms with Gasteiger partial charge in [-0.15, -0.1) is 0 Å². The highest BCUT2D eigenvalue weighted by Gasteiger charge is 2.20. The maximum absolute atomic E-state index is 2.34. The van der Waals surface area contributed by atoms with Crippen molar-refractivity contribution in [3.8, 4) is 0 Å². The highest BCUT2D eigenvalue weighted by molar-refractivity contribution is 6.07. The molecule has 0 aromatic heterocycles. The van der Waals surface area contributed by atoms with E-state index in [1.807, 2.05) is 0 Å². The van der Waals surface area contributed by atoms with Crippen molar-refractivity contribution in [3.05, 3.63) is 35.4 Å². The Morgan fingerprint density at radius 1 is 0.842 bits per heavy atom. The van der Waals surface area contributed by atoms with Crippen molar-refractivity contribution in [1.29, 1.82) is 0 Å². The van der Waals surface area contributed by atoms with Crippen LogP contribution in [0.5, 0.6) is 0 Å². The van der Waals surface area contributed by atoms with Gasteiger partial charge in [0.15, 0.2) is 0 Å². The molecule has 0 spiro atoms. The molecule has 2 nitrogen and oxygen atoms in total. The first-order valence-electron chi connectivity index (χ1n) is 7.09. The van der Waals surface area contributed by atoms with Gasteiger partial charge in [-0.05, 0) is 48.4 Å². The van der Waals surface area contributed by atoms with E-state index < -0.39 is 0 Å². The number of rotatable bonds is 3. The van der Waals surface area contributed by atoms with Crippen LogP contribution in [0.2, 0.25) is 0 Å². The van der Waals surface area contributed by atoms with Crippen LogP contribution in [0.15, 0.2) is 24.3 Å². The molecule has 0 unspecified atom stereocenters. The van der Waals surface area contributed by atoms with Crippen LogP contribution in [0.3, 0.4) is 0 Å². The lowest BCUT2D eigenvalue weighted by atomic mass is 10.0. The van der Waals surface area contributed by atoms with Crippen LogP contribution in [-0.4, -0.2) is 27.7 Å². The highest BCUT2D eigenvalue weighted by Crippen LogP contribution is 2.41. The number of benzene rings is 2. The van der Waals surface area contributed by atoms with Crippen molar-refractivity contribution < 1.29 is 0 Å².